The number of carbonyl (C=O) groups excluding carboxylic acids is 2. The Morgan fingerprint density at radius 3 is 2.56 bits per heavy atom. The third-order valence-corrected chi connectivity index (χ3v) is 4.08. The zero-order chi connectivity index (χ0) is 17.6. The molecule has 7 nitrogen and oxygen atoms in total. The van der Waals surface area contributed by atoms with Crippen LogP contribution in [0.15, 0.2) is 42.5 Å². The number of anilines is 2. The molecule has 2 aromatic carbocycles. The lowest BCUT2D eigenvalue weighted by atomic mass is 10.1. The summed E-state index contributed by atoms with van der Waals surface area (Å²) in [6.45, 7) is 2.13. The number of amides is 2. The van der Waals surface area contributed by atoms with Crippen molar-refractivity contribution in [2.75, 3.05) is 17.2 Å². The zero-order valence-corrected chi connectivity index (χ0v) is 14.3. The van der Waals surface area contributed by atoms with Crippen molar-refractivity contribution >= 4 is 45.1 Å². The smallest absolute Gasteiger partial charge is 0.323 e. The van der Waals surface area contributed by atoms with Crippen LogP contribution in [0.25, 0.3) is 10.2 Å². The highest BCUT2D eigenvalue weighted by molar-refractivity contribution is 7.12. The number of esters is 1. The lowest BCUT2D eigenvalue weighted by Crippen LogP contribution is -2.19. The average molecular weight is 356 g/mol. The number of aromatic nitrogens is 2. The number of ether oxygens (including phenoxy) is 1. The van der Waals surface area contributed by atoms with E-state index in [0.29, 0.717) is 18.0 Å². The van der Waals surface area contributed by atoms with Crippen LogP contribution in [-0.4, -0.2) is 28.2 Å². The normalized spacial score (nSPS) is 10.4. The molecule has 0 radical (unpaired) electrons. The summed E-state index contributed by atoms with van der Waals surface area (Å²) >= 11 is 1.30. The predicted octanol–water partition coefficient (Wildman–Crippen LogP) is 3.44. The lowest BCUT2D eigenvalue weighted by molar-refractivity contribution is -0.142. The summed E-state index contributed by atoms with van der Waals surface area (Å²) in [4.78, 5) is 23.5. The van der Waals surface area contributed by atoms with Crippen molar-refractivity contribution in [1.29, 1.82) is 0 Å². The first kappa shape index (κ1) is 16.8. The second kappa shape index (κ2) is 7.71. The largest absolute Gasteiger partial charge is 0.466 e. The molecule has 0 saturated carbocycles. The van der Waals surface area contributed by atoms with E-state index in [4.69, 9.17) is 4.74 Å². The molecule has 128 valence electrons. The van der Waals surface area contributed by atoms with Crippen molar-refractivity contribution in [1.82, 2.24) is 9.59 Å². The number of urea groups is 1. The van der Waals surface area contributed by atoms with E-state index in [1.165, 1.54) is 11.5 Å². The van der Waals surface area contributed by atoms with E-state index < -0.39 is 0 Å². The summed E-state index contributed by atoms with van der Waals surface area (Å²) in [5.74, 6) is -0.270. The molecule has 0 saturated heterocycles. The van der Waals surface area contributed by atoms with Gasteiger partial charge in [0.2, 0.25) is 0 Å². The maximum atomic E-state index is 12.1. The minimum atomic E-state index is -0.360. The molecule has 3 aromatic rings. The van der Waals surface area contributed by atoms with Crippen LogP contribution in [0.2, 0.25) is 0 Å². The van der Waals surface area contributed by atoms with Crippen LogP contribution in [0, 0.1) is 0 Å². The molecule has 25 heavy (non-hydrogen) atoms. The quantitative estimate of drug-likeness (QED) is 0.683. The molecule has 8 heteroatoms. The summed E-state index contributed by atoms with van der Waals surface area (Å²) in [6, 6.07) is 12.1. The van der Waals surface area contributed by atoms with Crippen molar-refractivity contribution in [2.24, 2.45) is 0 Å². The second-order valence-corrected chi connectivity index (χ2v) is 6.00. The molecule has 1 aromatic heterocycles. The molecular formula is C17H16N4O3S. The zero-order valence-electron chi connectivity index (χ0n) is 13.5. The molecule has 3 rings (SSSR count). The fraction of sp³-hybridized carbons (Fsp3) is 0.176. The second-order valence-electron chi connectivity index (χ2n) is 5.21. The minimum absolute atomic E-state index is 0.210. The molecule has 0 aliphatic rings. The molecule has 0 spiro atoms. The van der Waals surface area contributed by atoms with Gasteiger partial charge in [0.1, 0.15) is 5.52 Å². The van der Waals surface area contributed by atoms with E-state index in [1.54, 1.807) is 43.3 Å². The fourth-order valence-electron chi connectivity index (χ4n) is 2.24. The highest BCUT2D eigenvalue weighted by Crippen LogP contribution is 2.20. The molecule has 0 aliphatic carbocycles. The molecule has 2 N–H and O–H groups in total. The summed E-state index contributed by atoms with van der Waals surface area (Å²) in [7, 11) is 0. The first-order chi connectivity index (χ1) is 12.1. The van der Waals surface area contributed by atoms with Gasteiger partial charge >= 0.3 is 12.0 Å². The van der Waals surface area contributed by atoms with Gasteiger partial charge in [0, 0.05) is 11.4 Å². The number of nitrogens with one attached hydrogen (secondary N) is 2. The van der Waals surface area contributed by atoms with Gasteiger partial charge in [-0.15, -0.1) is 5.10 Å². The number of nitrogens with zero attached hydrogens (tertiary/aromatic N) is 2. The minimum Gasteiger partial charge on any atom is -0.466 e. The molecule has 0 aliphatic heterocycles. The van der Waals surface area contributed by atoms with Crippen molar-refractivity contribution < 1.29 is 14.3 Å². The summed E-state index contributed by atoms with van der Waals surface area (Å²) in [5, 5.41) is 9.46. The molecular weight excluding hydrogens is 340 g/mol. The Morgan fingerprint density at radius 2 is 1.80 bits per heavy atom. The molecule has 0 unspecified atom stereocenters. The molecule has 2 amide bonds. The van der Waals surface area contributed by atoms with Crippen molar-refractivity contribution in [3.8, 4) is 0 Å². The number of benzene rings is 2. The topological polar surface area (TPSA) is 93.2 Å². The maximum Gasteiger partial charge on any atom is 0.323 e. The number of hydrogen-bond acceptors (Lipinski definition) is 6. The van der Waals surface area contributed by atoms with E-state index in [1.807, 2.05) is 6.07 Å². The monoisotopic (exact) mass is 356 g/mol. The van der Waals surface area contributed by atoms with Gasteiger partial charge in [0.05, 0.1) is 17.7 Å². The number of rotatable bonds is 5. The van der Waals surface area contributed by atoms with Gasteiger partial charge in [-0.25, -0.2) is 4.79 Å². The molecule has 0 fully saturated rings. The van der Waals surface area contributed by atoms with E-state index in [9.17, 15) is 9.59 Å². The van der Waals surface area contributed by atoms with Crippen LogP contribution < -0.4 is 10.6 Å². The Labute approximate surface area is 148 Å². The van der Waals surface area contributed by atoms with Gasteiger partial charge in [-0.2, -0.15) is 0 Å². The van der Waals surface area contributed by atoms with Crippen LogP contribution in [0.1, 0.15) is 12.5 Å². The Balaban J connectivity index is 1.57. The van der Waals surface area contributed by atoms with E-state index in [0.717, 1.165) is 15.8 Å². The first-order valence-electron chi connectivity index (χ1n) is 7.68. The van der Waals surface area contributed by atoms with Crippen molar-refractivity contribution in [3.63, 3.8) is 0 Å². The van der Waals surface area contributed by atoms with Crippen LogP contribution in [0.5, 0.6) is 0 Å². The van der Waals surface area contributed by atoms with E-state index >= 15 is 0 Å². The van der Waals surface area contributed by atoms with Crippen LogP contribution >= 0.6 is 11.5 Å². The fourth-order valence-corrected chi connectivity index (χ4v) is 2.78. The number of fused-ring (bicyclic) bond motifs is 1. The molecule has 1 heterocycles. The number of hydrogen-bond donors (Lipinski definition) is 2. The third kappa shape index (κ3) is 4.51. The number of carbonyl (C=O) groups is 2. The Hall–Kier alpha value is -3.00. The summed E-state index contributed by atoms with van der Waals surface area (Å²) in [6.07, 6.45) is 0.210. The third-order valence-electron chi connectivity index (χ3n) is 3.37. The molecule has 0 atom stereocenters. The van der Waals surface area contributed by atoms with Crippen LogP contribution in [0.3, 0.4) is 0 Å². The van der Waals surface area contributed by atoms with Crippen LogP contribution in [-0.2, 0) is 16.0 Å². The van der Waals surface area contributed by atoms with Crippen LogP contribution in [0.4, 0.5) is 16.2 Å². The Kier molecular flexibility index (Phi) is 5.20. The van der Waals surface area contributed by atoms with Crippen molar-refractivity contribution in [2.45, 2.75) is 13.3 Å². The van der Waals surface area contributed by atoms with Gasteiger partial charge < -0.3 is 15.4 Å². The summed E-state index contributed by atoms with van der Waals surface area (Å²) in [5.41, 5.74) is 2.83. The first-order valence-corrected chi connectivity index (χ1v) is 8.46. The van der Waals surface area contributed by atoms with E-state index in [2.05, 4.69) is 20.2 Å². The predicted molar refractivity (Wildman–Crippen MR) is 96.8 cm³/mol. The summed E-state index contributed by atoms with van der Waals surface area (Å²) < 4.78 is 9.73. The molecule has 0 bridgehead atoms. The van der Waals surface area contributed by atoms with Gasteiger partial charge in [0.25, 0.3) is 0 Å². The van der Waals surface area contributed by atoms with Gasteiger partial charge in [0.15, 0.2) is 0 Å². The van der Waals surface area contributed by atoms with Crippen molar-refractivity contribution in [3.05, 3.63) is 48.0 Å². The highest BCUT2D eigenvalue weighted by atomic mass is 32.1. The van der Waals surface area contributed by atoms with Gasteiger partial charge in [-0.05, 0) is 54.4 Å². The lowest BCUT2D eigenvalue weighted by Gasteiger charge is -2.08. The Bertz CT molecular complexity index is 892. The van der Waals surface area contributed by atoms with Gasteiger partial charge in [-0.3, -0.25) is 4.79 Å². The maximum absolute atomic E-state index is 12.1. The SMILES string of the molecule is CCOC(=O)Cc1ccc(NC(=O)Nc2ccc3snnc3c2)cc1. The van der Waals surface area contributed by atoms with Gasteiger partial charge in [-0.1, -0.05) is 16.6 Å². The average Bonchev–Trinajstić information content (AvgIpc) is 3.04. The Morgan fingerprint density at radius 1 is 1.08 bits per heavy atom. The highest BCUT2D eigenvalue weighted by Gasteiger charge is 2.07. The standard InChI is InChI=1S/C17H16N4O3S/c1-2-24-16(22)9-11-3-5-12(6-4-11)18-17(23)19-13-7-8-15-14(10-13)20-21-25-15/h3-8,10H,2,9H2,1H3,(H2,18,19,23). The van der Waals surface area contributed by atoms with E-state index in [-0.39, 0.29) is 18.4 Å².